The van der Waals surface area contributed by atoms with Crippen LogP contribution in [0.5, 0.6) is 0 Å². The molecule has 0 spiro atoms. The number of hydrogen-bond acceptors (Lipinski definition) is 5. The van der Waals surface area contributed by atoms with Crippen molar-refractivity contribution in [1.29, 1.82) is 0 Å². The van der Waals surface area contributed by atoms with E-state index in [4.69, 9.17) is 17.3 Å². The molecule has 2 heterocycles. The Kier molecular flexibility index (Phi) is 2.72. The van der Waals surface area contributed by atoms with Crippen LogP contribution in [0.25, 0.3) is 0 Å². The van der Waals surface area contributed by atoms with Crippen molar-refractivity contribution in [3.05, 3.63) is 27.5 Å². The Hall–Kier alpha value is -0.980. The number of nitrogens with zero attached hydrogens (tertiary/aromatic N) is 4. The van der Waals surface area contributed by atoms with E-state index in [1.165, 1.54) is 11.5 Å². The van der Waals surface area contributed by atoms with Gasteiger partial charge < -0.3 is 5.73 Å². The van der Waals surface area contributed by atoms with Gasteiger partial charge in [-0.25, -0.2) is 0 Å². The van der Waals surface area contributed by atoms with Gasteiger partial charge in [-0.2, -0.15) is 5.10 Å². The third kappa shape index (κ3) is 1.75. The summed E-state index contributed by atoms with van der Waals surface area (Å²) >= 11 is 7.30. The van der Waals surface area contributed by atoms with E-state index in [1.54, 1.807) is 10.9 Å². The van der Waals surface area contributed by atoms with E-state index in [-0.39, 0.29) is 6.04 Å². The number of aryl methyl sites for hydroxylation is 2. The van der Waals surface area contributed by atoms with Crippen molar-refractivity contribution in [3.63, 3.8) is 0 Å². The molecule has 0 saturated carbocycles. The van der Waals surface area contributed by atoms with Crippen molar-refractivity contribution in [2.75, 3.05) is 0 Å². The first-order valence-electron chi connectivity index (χ1n) is 4.33. The fourth-order valence-corrected chi connectivity index (χ4v) is 2.35. The van der Waals surface area contributed by atoms with E-state index in [2.05, 4.69) is 14.7 Å². The van der Waals surface area contributed by atoms with Crippen LogP contribution in [0.3, 0.4) is 0 Å². The molecule has 2 aromatic heterocycles. The minimum absolute atomic E-state index is 0.315. The summed E-state index contributed by atoms with van der Waals surface area (Å²) in [5, 5.41) is 8.54. The van der Waals surface area contributed by atoms with Crippen LogP contribution >= 0.6 is 23.1 Å². The minimum atomic E-state index is -0.315. The smallest absolute Gasteiger partial charge is 0.0867 e. The average Bonchev–Trinajstić information content (AvgIpc) is 2.73. The molecule has 0 aromatic carbocycles. The van der Waals surface area contributed by atoms with Crippen LogP contribution in [-0.4, -0.2) is 19.4 Å². The average molecular weight is 244 g/mol. The molecule has 0 bridgehead atoms. The van der Waals surface area contributed by atoms with Crippen molar-refractivity contribution >= 4 is 23.1 Å². The van der Waals surface area contributed by atoms with E-state index in [1.807, 2.05) is 14.0 Å². The monoisotopic (exact) mass is 243 g/mol. The summed E-state index contributed by atoms with van der Waals surface area (Å²) in [4.78, 5) is 0.917. The summed E-state index contributed by atoms with van der Waals surface area (Å²) in [5.74, 6) is 0. The zero-order valence-electron chi connectivity index (χ0n) is 8.31. The molecule has 0 saturated heterocycles. The molecule has 0 radical (unpaired) electrons. The summed E-state index contributed by atoms with van der Waals surface area (Å²) in [6.45, 7) is 1.88. The summed E-state index contributed by atoms with van der Waals surface area (Å²) in [6.07, 6.45) is 1.58. The summed E-state index contributed by atoms with van der Waals surface area (Å²) in [5.41, 5.74) is 7.71. The Balaban J connectivity index is 2.45. The van der Waals surface area contributed by atoms with Crippen molar-refractivity contribution in [2.45, 2.75) is 13.0 Å². The molecule has 0 fully saturated rings. The molecular weight excluding hydrogens is 234 g/mol. The quantitative estimate of drug-likeness (QED) is 0.863. The Morgan fingerprint density at radius 3 is 2.80 bits per heavy atom. The third-order valence-electron chi connectivity index (χ3n) is 2.20. The second kappa shape index (κ2) is 3.88. The molecule has 5 nitrogen and oxygen atoms in total. The highest BCUT2D eigenvalue weighted by molar-refractivity contribution is 7.05. The molecule has 2 rings (SSSR count). The first-order valence-corrected chi connectivity index (χ1v) is 5.48. The lowest BCUT2D eigenvalue weighted by atomic mass is 10.1. The fraction of sp³-hybridized carbons (Fsp3) is 0.375. The zero-order valence-corrected chi connectivity index (χ0v) is 9.88. The number of rotatable bonds is 2. The predicted molar refractivity (Wildman–Crippen MR) is 58.9 cm³/mol. The van der Waals surface area contributed by atoms with Crippen LogP contribution in [0.15, 0.2) is 6.20 Å². The maximum Gasteiger partial charge on any atom is 0.0867 e. The highest BCUT2D eigenvalue weighted by atomic mass is 35.5. The second-order valence-corrected chi connectivity index (χ2v) is 4.39. The molecule has 7 heteroatoms. The van der Waals surface area contributed by atoms with Crippen LogP contribution in [0.4, 0.5) is 0 Å². The molecule has 0 aliphatic rings. The molecule has 2 aromatic rings. The highest BCUT2D eigenvalue weighted by Gasteiger charge is 2.20. The number of nitrogens with two attached hydrogens (primary N) is 1. The summed E-state index contributed by atoms with van der Waals surface area (Å²) < 4.78 is 5.52. The molecular formula is C8H10ClN5S. The van der Waals surface area contributed by atoms with Crippen LogP contribution in [0.2, 0.25) is 5.02 Å². The molecule has 15 heavy (non-hydrogen) atoms. The molecule has 0 amide bonds. The van der Waals surface area contributed by atoms with Crippen molar-refractivity contribution < 1.29 is 0 Å². The van der Waals surface area contributed by atoms with Crippen LogP contribution in [-0.2, 0) is 7.05 Å². The maximum absolute atomic E-state index is 6.09. The van der Waals surface area contributed by atoms with Gasteiger partial charge in [-0.15, -0.1) is 5.10 Å². The van der Waals surface area contributed by atoms with Gasteiger partial charge in [0.2, 0.25) is 0 Å². The minimum Gasteiger partial charge on any atom is -0.318 e. The Labute approximate surface area is 96.0 Å². The van der Waals surface area contributed by atoms with E-state index < -0.39 is 0 Å². The molecule has 0 aliphatic carbocycles. The fourth-order valence-electron chi connectivity index (χ4n) is 1.42. The van der Waals surface area contributed by atoms with Gasteiger partial charge in [-0.3, -0.25) is 4.68 Å². The standard InChI is InChI=1S/C8H10ClN5S/c1-4-8(15-13-12-4)6(10)7-5(9)3-11-14(7)2/h3,6H,10H2,1-2H3. The van der Waals surface area contributed by atoms with E-state index in [9.17, 15) is 0 Å². The van der Waals surface area contributed by atoms with Gasteiger partial charge in [0, 0.05) is 7.05 Å². The van der Waals surface area contributed by atoms with Gasteiger partial charge in [0.25, 0.3) is 0 Å². The Morgan fingerprint density at radius 2 is 2.33 bits per heavy atom. The molecule has 2 N–H and O–H groups in total. The molecule has 1 atom stereocenters. The Bertz CT molecular complexity index is 458. The molecule has 0 aliphatic heterocycles. The number of aromatic nitrogens is 4. The zero-order chi connectivity index (χ0) is 11.0. The lowest BCUT2D eigenvalue weighted by molar-refractivity contribution is 0.676. The van der Waals surface area contributed by atoms with Gasteiger partial charge in [-0.05, 0) is 18.5 Å². The number of halogens is 1. The van der Waals surface area contributed by atoms with Gasteiger partial charge in [0.1, 0.15) is 0 Å². The lowest BCUT2D eigenvalue weighted by Gasteiger charge is -2.10. The first kappa shape index (κ1) is 10.5. The van der Waals surface area contributed by atoms with Crippen molar-refractivity contribution in [2.24, 2.45) is 12.8 Å². The second-order valence-electron chi connectivity index (χ2n) is 3.20. The number of hydrogen-bond donors (Lipinski definition) is 1. The lowest BCUT2D eigenvalue weighted by Crippen LogP contribution is -2.16. The summed E-state index contributed by atoms with van der Waals surface area (Å²) in [7, 11) is 1.81. The van der Waals surface area contributed by atoms with E-state index in [0.717, 1.165) is 16.3 Å². The van der Waals surface area contributed by atoms with Gasteiger partial charge in [-0.1, -0.05) is 16.1 Å². The first-order chi connectivity index (χ1) is 7.11. The highest BCUT2D eigenvalue weighted by Crippen LogP contribution is 2.28. The predicted octanol–water partition coefficient (Wildman–Crippen LogP) is 1.28. The summed E-state index contributed by atoms with van der Waals surface area (Å²) in [6, 6.07) is -0.315. The van der Waals surface area contributed by atoms with Crippen molar-refractivity contribution in [1.82, 2.24) is 19.4 Å². The normalized spacial score (nSPS) is 13.1. The van der Waals surface area contributed by atoms with Crippen LogP contribution in [0, 0.1) is 6.92 Å². The van der Waals surface area contributed by atoms with Crippen molar-refractivity contribution in [3.8, 4) is 0 Å². The molecule has 1 unspecified atom stereocenters. The van der Waals surface area contributed by atoms with E-state index in [0.29, 0.717) is 5.02 Å². The Morgan fingerprint density at radius 1 is 1.60 bits per heavy atom. The SMILES string of the molecule is Cc1nnsc1C(N)c1c(Cl)cnn1C. The van der Waals surface area contributed by atoms with Crippen LogP contribution in [0.1, 0.15) is 22.3 Å². The largest absolute Gasteiger partial charge is 0.318 e. The van der Waals surface area contributed by atoms with Gasteiger partial charge in [0.05, 0.1) is 33.5 Å². The van der Waals surface area contributed by atoms with E-state index >= 15 is 0 Å². The third-order valence-corrected chi connectivity index (χ3v) is 3.40. The van der Waals surface area contributed by atoms with Gasteiger partial charge >= 0.3 is 0 Å². The van der Waals surface area contributed by atoms with Crippen LogP contribution < -0.4 is 5.73 Å². The topological polar surface area (TPSA) is 69.6 Å². The molecule has 80 valence electrons. The van der Waals surface area contributed by atoms with Gasteiger partial charge in [0.15, 0.2) is 0 Å². The maximum atomic E-state index is 6.09.